The van der Waals surface area contributed by atoms with Crippen LogP contribution in [0.2, 0.25) is 0 Å². The lowest BCUT2D eigenvalue weighted by Gasteiger charge is -2.36. The Hall–Kier alpha value is -2.97. The highest BCUT2D eigenvalue weighted by atomic mass is 16.6. The van der Waals surface area contributed by atoms with Gasteiger partial charge in [0.15, 0.2) is 6.10 Å². The van der Waals surface area contributed by atoms with Gasteiger partial charge in [-0.2, -0.15) is 0 Å². The van der Waals surface area contributed by atoms with Crippen molar-refractivity contribution in [2.24, 2.45) is 0 Å². The molecule has 2 atom stereocenters. The standard InChI is InChI=1S/C19H25N3O6/c1-3-15-8-4-5-10-21(15)19(25)13(2)28-17(23)12-20-18(24)14-7-6-9-16(11-14)22(26)27/h6-7,9,11,13,15H,3-5,8,10,12H2,1-2H3,(H,20,24). The molecule has 2 unspecified atom stereocenters. The van der Waals surface area contributed by atoms with E-state index in [9.17, 15) is 24.5 Å². The van der Waals surface area contributed by atoms with Crippen LogP contribution in [-0.4, -0.2) is 52.8 Å². The molecule has 9 heteroatoms. The first-order chi connectivity index (χ1) is 13.3. The van der Waals surface area contributed by atoms with Crippen LogP contribution >= 0.6 is 0 Å². The summed E-state index contributed by atoms with van der Waals surface area (Å²) in [5, 5.41) is 13.1. The normalized spacial score (nSPS) is 17.5. The third-order valence-electron chi connectivity index (χ3n) is 4.75. The number of rotatable bonds is 7. The first-order valence-corrected chi connectivity index (χ1v) is 9.36. The van der Waals surface area contributed by atoms with Crippen LogP contribution in [-0.2, 0) is 14.3 Å². The maximum atomic E-state index is 12.6. The number of carbonyl (C=O) groups excluding carboxylic acids is 3. The maximum absolute atomic E-state index is 12.6. The van der Waals surface area contributed by atoms with Crippen LogP contribution < -0.4 is 5.32 Å². The quantitative estimate of drug-likeness (QED) is 0.432. The second kappa shape index (κ2) is 9.82. The Morgan fingerprint density at radius 1 is 1.36 bits per heavy atom. The van der Waals surface area contributed by atoms with E-state index in [1.165, 1.54) is 25.1 Å². The van der Waals surface area contributed by atoms with Gasteiger partial charge in [0.2, 0.25) is 0 Å². The Balaban J connectivity index is 1.86. The number of amides is 2. The third-order valence-corrected chi connectivity index (χ3v) is 4.75. The molecule has 2 amide bonds. The molecule has 1 aliphatic rings. The van der Waals surface area contributed by atoms with Gasteiger partial charge in [0.1, 0.15) is 6.54 Å². The number of nitrogens with zero attached hydrogens (tertiary/aromatic N) is 2. The number of hydrogen-bond acceptors (Lipinski definition) is 6. The van der Waals surface area contributed by atoms with Crippen LogP contribution in [0.1, 0.15) is 49.9 Å². The number of esters is 1. The summed E-state index contributed by atoms with van der Waals surface area (Å²) in [5.74, 6) is -1.61. The van der Waals surface area contributed by atoms with Crippen molar-refractivity contribution in [3.63, 3.8) is 0 Å². The second-order valence-electron chi connectivity index (χ2n) is 6.71. The minimum Gasteiger partial charge on any atom is -0.451 e. The van der Waals surface area contributed by atoms with Crippen molar-refractivity contribution in [1.82, 2.24) is 10.2 Å². The maximum Gasteiger partial charge on any atom is 0.326 e. The molecule has 1 N–H and O–H groups in total. The Morgan fingerprint density at radius 3 is 2.79 bits per heavy atom. The zero-order valence-electron chi connectivity index (χ0n) is 16.1. The molecule has 152 valence electrons. The number of ether oxygens (including phenoxy) is 1. The summed E-state index contributed by atoms with van der Waals surface area (Å²) in [7, 11) is 0. The third kappa shape index (κ3) is 5.51. The highest BCUT2D eigenvalue weighted by Gasteiger charge is 2.30. The Labute approximate surface area is 163 Å². The number of non-ortho nitro benzene ring substituents is 1. The second-order valence-corrected chi connectivity index (χ2v) is 6.71. The van der Waals surface area contributed by atoms with Crippen LogP contribution in [0.4, 0.5) is 5.69 Å². The average Bonchev–Trinajstić information content (AvgIpc) is 2.71. The van der Waals surface area contributed by atoms with Gasteiger partial charge in [0, 0.05) is 30.3 Å². The number of nitrogens with one attached hydrogen (secondary N) is 1. The average molecular weight is 391 g/mol. The summed E-state index contributed by atoms with van der Waals surface area (Å²) in [6.07, 6.45) is 2.88. The van der Waals surface area contributed by atoms with Crippen molar-refractivity contribution in [2.45, 2.75) is 51.7 Å². The fourth-order valence-corrected chi connectivity index (χ4v) is 3.25. The zero-order valence-corrected chi connectivity index (χ0v) is 16.1. The van der Waals surface area contributed by atoms with Crippen LogP contribution in [0.3, 0.4) is 0 Å². The van der Waals surface area contributed by atoms with Gasteiger partial charge in [-0.05, 0) is 38.7 Å². The van der Waals surface area contributed by atoms with Gasteiger partial charge in [0.05, 0.1) is 4.92 Å². The Morgan fingerprint density at radius 2 is 2.11 bits per heavy atom. The molecule has 1 aliphatic heterocycles. The molecular formula is C19H25N3O6. The van der Waals surface area contributed by atoms with Crippen LogP contribution in [0.5, 0.6) is 0 Å². The number of piperidine rings is 1. The van der Waals surface area contributed by atoms with Gasteiger partial charge in [-0.3, -0.25) is 24.5 Å². The lowest BCUT2D eigenvalue weighted by molar-refractivity contribution is -0.384. The lowest BCUT2D eigenvalue weighted by Crippen LogP contribution is -2.48. The fraction of sp³-hybridized carbons (Fsp3) is 0.526. The first-order valence-electron chi connectivity index (χ1n) is 9.36. The van der Waals surface area contributed by atoms with Crippen LogP contribution in [0, 0.1) is 10.1 Å². The monoisotopic (exact) mass is 391 g/mol. The van der Waals surface area contributed by atoms with Crippen molar-refractivity contribution < 1.29 is 24.0 Å². The summed E-state index contributed by atoms with van der Waals surface area (Å²) in [5.41, 5.74) is -0.160. The lowest BCUT2D eigenvalue weighted by atomic mass is 9.99. The zero-order chi connectivity index (χ0) is 20.7. The molecule has 0 bridgehead atoms. The summed E-state index contributed by atoms with van der Waals surface area (Å²) >= 11 is 0. The van der Waals surface area contributed by atoms with Crippen LogP contribution in [0.15, 0.2) is 24.3 Å². The van der Waals surface area contributed by atoms with Crippen molar-refractivity contribution in [3.8, 4) is 0 Å². The minimum absolute atomic E-state index is 0.0604. The topological polar surface area (TPSA) is 119 Å². The molecule has 1 fully saturated rings. The SMILES string of the molecule is CCC1CCCCN1C(=O)C(C)OC(=O)CNC(=O)c1cccc([N+](=O)[O-])c1. The molecule has 1 heterocycles. The number of benzene rings is 1. The number of nitro benzene ring substituents is 1. The largest absolute Gasteiger partial charge is 0.451 e. The number of likely N-dealkylation sites (tertiary alicyclic amines) is 1. The highest BCUT2D eigenvalue weighted by Crippen LogP contribution is 2.20. The van der Waals surface area contributed by atoms with Gasteiger partial charge < -0.3 is 15.0 Å². The van der Waals surface area contributed by atoms with Gasteiger partial charge >= 0.3 is 5.97 Å². The first kappa shape index (κ1) is 21.3. The van der Waals surface area contributed by atoms with E-state index in [0.717, 1.165) is 31.7 Å². The van der Waals surface area contributed by atoms with Crippen molar-refractivity contribution in [2.75, 3.05) is 13.1 Å². The highest BCUT2D eigenvalue weighted by molar-refractivity contribution is 5.96. The van der Waals surface area contributed by atoms with E-state index < -0.39 is 29.4 Å². The van der Waals surface area contributed by atoms with Gasteiger partial charge in [-0.1, -0.05) is 13.0 Å². The number of carbonyl (C=O) groups is 3. The molecule has 1 aromatic rings. The van der Waals surface area contributed by atoms with Gasteiger partial charge in [-0.15, -0.1) is 0 Å². The molecule has 0 aliphatic carbocycles. The molecule has 9 nitrogen and oxygen atoms in total. The number of nitro groups is 1. The minimum atomic E-state index is -0.936. The van der Waals surface area contributed by atoms with E-state index in [1.807, 2.05) is 6.92 Å². The van der Waals surface area contributed by atoms with E-state index >= 15 is 0 Å². The van der Waals surface area contributed by atoms with Gasteiger partial charge in [0.25, 0.3) is 17.5 Å². The predicted molar refractivity (Wildman–Crippen MR) is 101 cm³/mol. The van der Waals surface area contributed by atoms with Gasteiger partial charge in [-0.25, -0.2) is 0 Å². The fourth-order valence-electron chi connectivity index (χ4n) is 3.25. The predicted octanol–water partition coefficient (Wildman–Crippen LogP) is 2.05. The summed E-state index contributed by atoms with van der Waals surface area (Å²) < 4.78 is 5.15. The molecule has 28 heavy (non-hydrogen) atoms. The van der Waals surface area contributed by atoms with E-state index in [2.05, 4.69) is 5.32 Å². The summed E-state index contributed by atoms with van der Waals surface area (Å²) in [6.45, 7) is 3.76. The van der Waals surface area contributed by atoms with Crippen molar-refractivity contribution >= 4 is 23.5 Å². The summed E-state index contributed by atoms with van der Waals surface area (Å²) in [4.78, 5) is 48.5. The van der Waals surface area contributed by atoms with E-state index in [1.54, 1.807) is 4.90 Å². The molecular weight excluding hydrogens is 366 g/mol. The molecule has 0 saturated carbocycles. The molecule has 2 rings (SSSR count). The Kier molecular flexibility index (Phi) is 7.48. The van der Waals surface area contributed by atoms with E-state index in [0.29, 0.717) is 6.54 Å². The summed E-state index contributed by atoms with van der Waals surface area (Å²) in [6, 6.07) is 5.34. The van der Waals surface area contributed by atoms with E-state index in [-0.39, 0.29) is 23.2 Å². The Bertz CT molecular complexity index is 751. The van der Waals surface area contributed by atoms with Crippen molar-refractivity contribution in [3.05, 3.63) is 39.9 Å². The van der Waals surface area contributed by atoms with Crippen LogP contribution in [0.25, 0.3) is 0 Å². The van der Waals surface area contributed by atoms with E-state index in [4.69, 9.17) is 4.74 Å². The molecule has 1 aromatic carbocycles. The molecule has 0 aromatic heterocycles. The smallest absolute Gasteiger partial charge is 0.326 e. The number of hydrogen-bond donors (Lipinski definition) is 1. The molecule has 0 spiro atoms. The molecule has 1 saturated heterocycles. The van der Waals surface area contributed by atoms with Crippen molar-refractivity contribution in [1.29, 1.82) is 0 Å². The molecule has 0 radical (unpaired) electrons.